The molecule has 0 radical (unpaired) electrons. The Labute approximate surface area is 120 Å². The molecular weight excluding hydrogens is 252 g/mol. The molecule has 0 bridgehead atoms. The standard InChI is InChI=1S/C16H22N2O2/c1-17(2)14-8-10-18(11-9-14)16(20)12-15(19)13-6-4-3-5-7-13/h3-7,14H,8-12H2,1-2H3. The van der Waals surface area contributed by atoms with Gasteiger partial charge in [-0.2, -0.15) is 0 Å². The van der Waals surface area contributed by atoms with E-state index in [0.29, 0.717) is 11.6 Å². The third-order valence-electron chi connectivity index (χ3n) is 3.96. The van der Waals surface area contributed by atoms with Crippen molar-refractivity contribution in [3.8, 4) is 0 Å². The van der Waals surface area contributed by atoms with E-state index >= 15 is 0 Å². The van der Waals surface area contributed by atoms with Gasteiger partial charge in [0.15, 0.2) is 5.78 Å². The van der Waals surface area contributed by atoms with E-state index in [0.717, 1.165) is 25.9 Å². The number of ketones is 1. The molecule has 20 heavy (non-hydrogen) atoms. The van der Waals surface area contributed by atoms with Gasteiger partial charge in [0.1, 0.15) is 0 Å². The fraction of sp³-hybridized carbons (Fsp3) is 0.500. The van der Waals surface area contributed by atoms with E-state index < -0.39 is 0 Å². The fourth-order valence-corrected chi connectivity index (χ4v) is 2.61. The van der Waals surface area contributed by atoms with Crippen LogP contribution < -0.4 is 0 Å². The Bertz CT molecular complexity index is 463. The average molecular weight is 274 g/mol. The maximum atomic E-state index is 12.1. The topological polar surface area (TPSA) is 40.6 Å². The van der Waals surface area contributed by atoms with E-state index in [9.17, 15) is 9.59 Å². The van der Waals surface area contributed by atoms with Crippen molar-refractivity contribution in [3.05, 3.63) is 35.9 Å². The first-order valence-electron chi connectivity index (χ1n) is 7.10. The SMILES string of the molecule is CN(C)C1CCN(C(=O)CC(=O)c2ccccc2)CC1. The Kier molecular flexibility index (Phi) is 4.90. The first kappa shape index (κ1) is 14.7. The molecule has 108 valence electrons. The molecule has 1 fully saturated rings. The number of likely N-dealkylation sites (tertiary alicyclic amines) is 1. The smallest absolute Gasteiger partial charge is 0.230 e. The highest BCUT2D eigenvalue weighted by molar-refractivity contribution is 6.07. The Balaban J connectivity index is 1.86. The molecule has 0 aliphatic carbocycles. The Hall–Kier alpha value is -1.68. The molecule has 0 spiro atoms. The summed E-state index contributed by atoms with van der Waals surface area (Å²) < 4.78 is 0. The number of Topliss-reactive ketones (excluding diaryl/α,β-unsaturated/α-hetero) is 1. The molecule has 1 aliphatic rings. The molecule has 4 heteroatoms. The summed E-state index contributed by atoms with van der Waals surface area (Å²) in [5, 5.41) is 0. The van der Waals surface area contributed by atoms with Crippen LogP contribution in [0.25, 0.3) is 0 Å². The number of nitrogens with zero attached hydrogens (tertiary/aromatic N) is 2. The van der Waals surface area contributed by atoms with Gasteiger partial charge in [0.2, 0.25) is 5.91 Å². The second-order valence-corrected chi connectivity index (χ2v) is 5.54. The Morgan fingerprint density at radius 3 is 2.30 bits per heavy atom. The zero-order valence-corrected chi connectivity index (χ0v) is 12.2. The molecule has 1 heterocycles. The predicted molar refractivity (Wildman–Crippen MR) is 78.7 cm³/mol. The molecule has 1 aromatic rings. The molecule has 0 unspecified atom stereocenters. The summed E-state index contributed by atoms with van der Waals surface area (Å²) in [6, 6.07) is 9.57. The average Bonchev–Trinajstić information content (AvgIpc) is 2.48. The van der Waals surface area contributed by atoms with Crippen molar-refractivity contribution in [1.82, 2.24) is 9.80 Å². The Morgan fingerprint density at radius 2 is 1.75 bits per heavy atom. The monoisotopic (exact) mass is 274 g/mol. The Morgan fingerprint density at radius 1 is 1.15 bits per heavy atom. The summed E-state index contributed by atoms with van der Waals surface area (Å²) >= 11 is 0. The van der Waals surface area contributed by atoms with Crippen LogP contribution in [0.2, 0.25) is 0 Å². The predicted octanol–water partition coefficient (Wildman–Crippen LogP) is 1.81. The van der Waals surface area contributed by atoms with Gasteiger partial charge in [-0.05, 0) is 26.9 Å². The minimum atomic E-state index is -0.0923. The summed E-state index contributed by atoms with van der Waals surface area (Å²) in [7, 11) is 4.14. The number of hydrogen-bond acceptors (Lipinski definition) is 3. The molecule has 2 rings (SSSR count). The fourth-order valence-electron chi connectivity index (χ4n) is 2.61. The van der Waals surface area contributed by atoms with Crippen LogP contribution >= 0.6 is 0 Å². The summed E-state index contributed by atoms with van der Waals surface area (Å²) in [5.74, 6) is -0.138. The summed E-state index contributed by atoms with van der Waals surface area (Å²) in [5.41, 5.74) is 0.615. The van der Waals surface area contributed by atoms with Crippen LogP contribution in [0.3, 0.4) is 0 Å². The summed E-state index contributed by atoms with van der Waals surface area (Å²) in [6.45, 7) is 1.51. The molecule has 0 aromatic heterocycles. The van der Waals surface area contributed by atoms with E-state index in [-0.39, 0.29) is 18.1 Å². The third-order valence-corrected chi connectivity index (χ3v) is 3.96. The highest BCUT2D eigenvalue weighted by atomic mass is 16.2. The lowest BCUT2D eigenvalue weighted by molar-refractivity contribution is -0.131. The van der Waals surface area contributed by atoms with Crippen molar-refractivity contribution in [2.45, 2.75) is 25.3 Å². The first-order chi connectivity index (χ1) is 9.58. The molecule has 0 N–H and O–H groups in total. The second kappa shape index (κ2) is 6.66. The highest BCUT2D eigenvalue weighted by Crippen LogP contribution is 2.15. The van der Waals surface area contributed by atoms with Gasteiger partial charge in [-0.1, -0.05) is 30.3 Å². The van der Waals surface area contributed by atoms with E-state index in [1.807, 2.05) is 23.1 Å². The first-order valence-corrected chi connectivity index (χ1v) is 7.10. The lowest BCUT2D eigenvalue weighted by Crippen LogP contribution is -2.44. The number of rotatable bonds is 4. The zero-order valence-electron chi connectivity index (χ0n) is 12.2. The molecule has 1 aromatic carbocycles. The minimum Gasteiger partial charge on any atom is -0.342 e. The second-order valence-electron chi connectivity index (χ2n) is 5.54. The maximum absolute atomic E-state index is 12.1. The van der Waals surface area contributed by atoms with Gasteiger partial charge in [-0.25, -0.2) is 0 Å². The zero-order chi connectivity index (χ0) is 14.5. The van der Waals surface area contributed by atoms with Crippen LogP contribution in [0.1, 0.15) is 29.6 Å². The minimum absolute atomic E-state index is 0.0172. The number of hydrogen-bond donors (Lipinski definition) is 0. The largest absolute Gasteiger partial charge is 0.342 e. The van der Waals surface area contributed by atoms with E-state index in [1.54, 1.807) is 12.1 Å². The maximum Gasteiger partial charge on any atom is 0.230 e. The van der Waals surface area contributed by atoms with Crippen LogP contribution in [0.5, 0.6) is 0 Å². The van der Waals surface area contributed by atoms with Gasteiger partial charge < -0.3 is 9.80 Å². The number of amides is 1. The van der Waals surface area contributed by atoms with Gasteiger partial charge in [0.05, 0.1) is 6.42 Å². The van der Waals surface area contributed by atoms with Crippen molar-refractivity contribution < 1.29 is 9.59 Å². The van der Waals surface area contributed by atoms with Crippen molar-refractivity contribution in [1.29, 1.82) is 0 Å². The molecule has 0 atom stereocenters. The van der Waals surface area contributed by atoms with E-state index in [4.69, 9.17) is 0 Å². The quantitative estimate of drug-likeness (QED) is 0.621. The van der Waals surface area contributed by atoms with Gasteiger partial charge in [-0.3, -0.25) is 9.59 Å². The number of carbonyl (C=O) groups excluding carboxylic acids is 2. The van der Waals surface area contributed by atoms with Crippen LogP contribution in [0.15, 0.2) is 30.3 Å². The number of piperidine rings is 1. The van der Waals surface area contributed by atoms with Crippen molar-refractivity contribution in [3.63, 3.8) is 0 Å². The van der Waals surface area contributed by atoms with Crippen molar-refractivity contribution in [2.75, 3.05) is 27.2 Å². The van der Waals surface area contributed by atoms with Crippen LogP contribution in [-0.2, 0) is 4.79 Å². The normalized spacial score (nSPS) is 16.4. The number of benzene rings is 1. The van der Waals surface area contributed by atoms with Crippen molar-refractivity contribution >= 4 is 11.7 Å². The molecular formula is C16H22N2O2. The highest BCUT2D eigenvalue weighted by Gasteiger charge is 2.25. The molecule has 1 saturated heterocycles. The van der Waals surface area contributed by atoms with Gasteiger partial charge in [-0.15, -0.1) is 0 Å². The molecule has 0 saturated carbocycles. The third kappa shape index (κ3) is 3.67. The van der Waals surface area contributed by atoms with Gasteiger partial charge in [0.25, 0.3) is 0 Å². The molecule has 1 aliphatic heterocycles. The molecule has 1 amide bonds. The summed E-state index contributed by atoms with van der Waals surface area (Å²) in [6.07, 6.45) is 1.95. The van der Waals surface area contributed by atoms with Crippen LogP contribution in [-0.4, -0.2) is 54.7 Å². The number of carbonyl (C=O) groups is 2. The van der Waals surface area contributed by atoms with Crippen molar-refractivity contribution in [2.24, 2.45) is 0 Å². The van der Waals surface area contributed by atoms with E-state index in [2.05, 4.69) is 19.0 Å². The summed E-state index contributed by atoms with van der Waals surface area (Å²) in [4.78, 5) is 28.2. The lowest BCUT2D eigenvalue weighted by atomic mass is 10.0. The van der Waals surface area contributed by atoms with Gasteiger partial charge in [0, 0.05) is 24.7 Å². The lowest BCUT2D eigenvalue weighted by Gasteiger charge is -2.35. The van der Waals surface area contributed by atoms with E-state index in [1.165, 1.54) is 0 Å². The van der Waals surface area contributed by atoms with Gasteiger partial charge >= 0.3 is 0 Å². The van der Waals surface area contributed by atoms with Crippen LogP contribution in [0.4, 0.5) is 0 Å². The van der Waals surface area contributed by atoms with Crippen LogP contribution in [0, 0.1) is 0 Å². The molecule has 4 nitrogen and oxygen atoms in total.